The number of rotatable bonds is 0. The van der Waals surface area contributed by atoms with Crippen molar-refractivity contribution in [2.45, 2.75) is 25.0 Å². The molecular formula is C20H21NO2. The van der Waals surface area contributed by atoms with Crippen LogP contribution in [0.4, 0.5) is 0 Å². The number of hydrogen-bond donors (Lipinski definition) is 3. The van der Waals surface area contributed by atoms with Crippen LogP contribution in [0.1, 0.15) is 47.3 Å². The van der Waals surface area contributed by atoms with Crippen LogP contribution < -0.4 is 5.32 Å². The Kier molecular flexibility index (Phi) is 3.77. The summed E-state index contributed by atoms with van der Waals surface area (Å²) in [7, 11) is 0. The van der Waals surface area contributed by atoms with E-state index in [2.05, 4.69) is 17.4 Å². The van der Waals surface area contributed by atoms with E-state index in [1.165, 1.54) is 11.1 Å². The minimum atomic E-state index is -0.896. The summed E-state index contributed by atoms with van der Waals surface area (Å²) in [5.41, 5.74) is 6.36. The summed E-state index contributed by atoms with van der Waals surface area (Å²) in [6, 6.07) is 15.9. The summed E-state index contributed by atoms with van der Waals surface area (Å²) in [5.74, 6) is 0. The van der Waals surface area contributed by atoms with Crippen LogP contribution in [0.3, 0.4) is 0 Å². The summed E-state index contributed by atoms with van der Waals surface area (Å²) < 4.78 is 0. The van der Waals surface area contributed by atoms with E-state index >= 15 is 0 Å². The molecule has 118 valence electrons. The lowest BCUT2D eigenvalue weighted by atomic mass is 9.86. The van der Waals surface area contributed by atoms with Gasteiger partial charge in [0.25, 0.3) is 0 Å². The Labute approximate surface area is 136 Å². The Bertz CT molecular complexity index is 704. The van der Waals surface area contributed by atoms with Crippen molar-refractivity contribution < 1.29 is 10.2 Å². The SMILES string of the molecule is O[C@@H]1c2ccccc2C(=C2CCNCC2)c2ccccc2[C@H]1O. The van der Waals surface area contributed by atoms with Crippen molar-refractivity contribution >= 4 is 5.57 Å². The second-order valence-electron chi connectivity index (χ2n) is 6.29. The largest absolute Gasteiger partial charge is 0.385 e. The molecule has 1 heterocycles. The Balaban J connectivity index is 2.04. The van der Waals surface area contributed by atoms with Gasteiger partial charge in [0, 0.05) is 0 Å². The molecule has 0 spiro atoms. The molecule has 0 radical (unpaired) electrons. The summed E-state index contributed by atoms with van der Waals surface area (Å²) in [6.45, 7) is 1.96. The minimum absolute atomic E-state index is 0.817. The van der Waals surface area contributed by atoms with E-state index in [0.29, 0.717) is 0 Å². The third-order valence-electron chi connectivity index (χ3n) is 4.96. The average Bonchev–Trinajstić information content (AvgIpc) is 2.71. The lowest BCUT2D eigenvalue weighted by Gasteiger charge is -2.22. The van der Waals surface area contributed by atoms with E-state index in [1.54, 1.807) is 0 Å². The van der Waals surface area contributed by atoms with Crippen molar-refractivity contribution in [3.63, 3.8) is 0 Å². The predicted molar refractivity (Wildman–Crippen MR) is 90.9 cm³/mol. The van der Waals surface area contributed by atoms with Crippen LogP contribution in [0.2, 0.25) is 0 Å². The Morgan fingerprint density at radius 2 is 1.22 bits per heavy atom. The highest BCUT2D eigenvalue weighted by atomic mass is 16.3. The average molecular weight is 307 g/mol. The number of fused-ring (bicyclic) bond motifs is 2. The molecule has 1 saturated heterocycles. The first-order valence-electron chi connectivity index (χ1n) is 8.25. The van der Waals surface area contributed by atoms with Crippen LogP contribution in [-0.4, -0.2) is 23.3 Å². The maximum Gasteiger partial charge on any atom is 0.110 e. The van der Waals surface area contributed by atoms with Gasteiger partial charge in [-0.1, -0.05) is 54.1 Å². The number of nitrogens with one attached hydrogen (secondary N) is 1. The molecule has 3 nitrogen and oxygen atoms in total. The van der Waals surface area contributed by atoms with Crippen molar-refractivity contribution in [3.05, 3.63) is 76.4 Å². The van der Waals surface area contributed by atoms with Gasteiger partial charge in [-0.2, -0.15) is 0 Å². The molecule has 3 N–H and O–H groups in total. The molecule has 2 atom stereocenters. The zero-order chi connectivity index (χ0) is 15.8. The fourth-order valence-corrected chi connectivity index (χ4v) is 3.81. The number of piperidine rings is 1. The van der Waals surface area contributed by atoms with Gasteiger partial charge >= 0.3 is 0 Å². The molecule has 1 aliphatic heterocycles. The highest BCUT2D eigenvalue weighted by Crippen LogP contribution is 2.44. The van der Waals surface area contributed by atoms with E-state index in [0.717, 1.165) is 48.2 Å². The second kappa shape index (κ2) is 5.93. The zero-order valence-corrected chi connectivity index (χ0v) is 13.0. The summed E-state index contributed by atoms with van der Waals surface area (Å²) in [4.78, 5) is 0. The van der Waals surface area contributed by atoms with Gasteiger partial charge in [0.1, 0.15) is 12.2 Å². The van der Waals surface area contributed by atoms with Crippen LogP contribution in [0.25, 0.3) is 5.57 Å². The molecule has 23 heavy (non-hydrogen) atoms. The molecule has 0 unspecified atom stereocenters. The second-order valence-corrected chi connectivity index (χ2v) is 6.29. The van der Waals surface area contributed by atoms with Crippen LogP contribution in [0.15, 0.2) is 54.1 Å². The van der Waals surface area contributed by atoms with Crippen molar-refractivity contribution in [2.24, 2.45) is 0 Å². The van der Waals surface area contributed by atoms with Gasteiger partial charge in [0.2, 0.25) is 0 Å². The molecule has 0 bridgehead atoms. The van der Waals surface area contributed by atoms with Crippen molar-refractivity contribution in [1.82, 2.24) is 5.32 Å². The number of aliphatic hydroxyl groups is 2. The molecule has 0 amide bonds. The highest BCUT2D eigenvalue weighted by molar-refractivity contribution is 5.86. The molecule has 2 aliphatic rings. The summed E-state index contributed by atoms with van der Waals surface area (Å²) in [5, 5.41) is 24.8. The van der Waals surface area contributed by atoms with Crippen LogP contribution in [0, 0.1) is 0 Å². The molecule has 2 aromatic carbocycles. The predicted octanol–water partition coefficient (Wildman–Crippen LogP) is 2.95. The van der Waals surface area contributed by atoms with Gasteiger partial charge in [-0.05, 0) is 53.8 Å². The highest BCUT2D eigenvalue weighted by Gasteiger charge is 2.31. The van der Waals surface area contributed by atoms with Gasteiger partial charge in [-0.3, -0.25) is 0 Å². The molecule has 0 aromatic heterocycles. The molecule has 0 saturated carbocycles. The Morgan fingerprint density at radius 3 is 1.74 bits per heavy atom. The first-order chi connectivity index (χ1) is 11.3. The molecule has 1 fully saturated rings. The van der Waals surface area contributed by atoms with E-state index in [4.69, 9.17) is 0 Å². The lowest BCUT2D eigenvalue weighted by Crippen LogP contribution is -2.24. The van der Waals surface area contributed by atoms with Crippen LogP contribution in [0.5, 0.6) is 0 Å². The minimum Gasteiger partial charge on any atom is -0.385 e. The first kappa shape index (κ1) is 14.6. The smallest absolute Gasteiger partial charge is 0.110 e. The maximum absolute atomic E-state index is 10.7. The van der Waals surface area contributed by atoms with Crippen LogP contribution >= 0.6 is 0 Å². The molecule has 2 aromatic rings. The first-order valence-corrected chi connectivity index (χ1v) is 8.25. The summed E-state index contributed by atoms with van der Waals surface area (Å²) >= 11 is 0. The van der Waals surface area contributed by atoms with Gasteiger partial charge in [-0.15, -0.1) is 0 Å². The fourth-order valence-electron chi connectivity index (χ4n) is 3.81. The van der Waals surface area contributed by atoms with E-state index in [1.807, 2.05) is 36.4 Å². The standard InChI is InChI=1S/C20H21NO2/c22-19-16-7-3-1-5-14(16)18(13-9-11-21-12-10-13)15-6-2-4-8-17(15)20(19)23/h1-8,19-23H,9-12H2/t19-,20-/m1/s1. The van der Waals surface area contributed by atoms with E-state index in [9.17, 15) is 10.2 Å². The van der Waals surface area contributed by atoms with Gasteiger partial charge in [-0.25, -0.2) is 0 Å². The molecule has 3 heteroatoms. The Hall–Kier alpha value is -1.94. The molecular weight excluding hydrogens is 286 g/mol. The monoisotopic (exact) mass is 307 g/mol. The molecule has 4 rings (SSSR count). The fraction of sp³-hybridized carbons (Fsp3) is 0.300. The van der Waals surface area contributed by atoms with Crippen molar-refractivity contribution in [2.75, 3.05) is 13.1 Å². The lowest BCUT2D eigenvalue weighted by molar-refractivity contribution is 0.0176. The third kappa shape index (κ3) is 2.41. The molecule has 1 aliphatic carbocycles. The number of aliphatic hydroxyl groups excluding tert-OH is 2. The van der Waals surface area contributed by atoms with Gasteiger partial charge in [0.15, 0.2) is 0 Å². The van der Waals surface area contributed by atoms with Crippen molar-refractivity contribution in [1.29, 1.82) is 0 Å². The zero-order valence-electron chi connectivity index (χ0n) is 13.0. The van der Waals surface area contributed by atoms with Crippen molar-refractivity contribution in [3.8, 4) is 0 Å². The Morgan fingerprint density at radius 1 is 0.739 bits per heavy atom. The number of benzene rings is 2. The number of hydrogen-bond acceptors (Lipinski definition) is 3. The summed E-state index contributed by atoms with van der Waals surface area (Å²) in [6.07, 6.45) is 0.216. The maximum atomic E-state index is 10.7. The topological polar surface area (TPSA) is 52.5 Å². The van der Waals surface area contributed by atoms with E-state index < -0.39 is 12.2 Å². The quantitative estimate of drug-likeness (QED) is 0.701. The third-order valence-corrected chi connectivity index (χ3v) is 4.96. The van der Waals surface area contributed by atoms with Gasteiger partial charge < -0.3 is 15.5 Å². The van der Waals surface area contributed by atoms with E-state index in [-0.39, 0.29) is 0 Å². The van der Waals surface area contributed by atoms with Crippen LogP contribution in [-0.2, 0) is 0 Å². The van der Waals surface area contributed by atoms with Gasteiger partial charge in [0.05, 0.1) is 0 Å². The normalized spacial score (nSPS) is 23.9.